The van der Waals surface area contributed by atoms with E-state index in [1.807, 2.05) is 0 Å². The number of rotatable bonds is 7. The number of carbonyl (C=O) groups excluding carboxylic acids is 1. The first kappa shape index (κ1) is 14.2. The van der Waals surface area contributed by atoms with Crippen LogP contribution in [0, 0.1) is 11.3 Å². The van der Waals surface area contributed by atoms with Crippen LogP contribution in [0.4, 0.5) is 0 Å². The van der Waals surface area contributed by atoms with Gasteiger partial charge in [0.2, 0.25) is 5.91 Å². The molecule has 1 aliphatic heterocycles. The number of aliphatic hydroxyl groups excluding tert-OH is 1. The molecule has 0 aromatic rings. The van der Waals surface area contributed by atoms with E-state index in [9.17, 15) is 4.79 Å². The molecular formula is C13H24N2O2S. The lowest BCUT2D eigenvalue weighted by molar-refractivity contribution is -0.123. The zero-order valence-electron chi connectivity index (χ0n) is 10.9. The zero-order chi connectivity index (χ0) is 12.8. The van der Waals surface area contributed by atoms with Gasteiger partial charge >= 0.3 is 0 Å². The van der Waals surface area contributed by atoms with Gasteiger partial charge in [0.1, 0.15) is 0 Å². The average Bonchev–Trinajstić information content (AvgIpc) is 3.08. The number of thioether (sulfide) groups is 1. The first-order chi connectivity index (χ1) is 8.78. The molecule has 5 heteroatoms. The number of aliphatic hydroxyl groups is 1. The second kappa shape index (κ2) is 6.78. The van der Waals surface area contributed by atoms with Crippen LogP contribution < -0.4 is 10.6 Å². The number of hydrogen-bond donors (Lipinski definition) is 3. The summed E-state index contributed by atoms with van der Waals surface area (Å²) in [5.74, 6) is 2.47. The van der Waals surface area contributed by atoms with Gasteiger partial charge in [-0.1, -0.05) is 0 Å². The van der Waals surface area contributed by atoms with Crippen molar-refractivity contribution in [2.45, 2.75) is 25.7 Å². The summed E-state index contributed by atoms with van der Waals surface area (Å²) >= 11 is 1.79. The van der Waals surface area contributed by atoms with E-state index < -0.39 is 0 Å². The Morgan fingerprint density at radius 1 is 1.39 bits per heavy atom. The van der Waals surface area contributed by atoms with E-state index in [1.165, 1.54) is 0 Å². The molecule has 1 unspecified atom stereocenters. The van der Waals surface area contributed by atoms with Crippen molar-refractivity contribution in [2.75, 3.05) is 37.7 Å². The van der Waals surface area contributed by atoms with Gasteiger partial charge in [-0.3, -0.25) is 4.79 Å². The van der Waals surface area contributed by atoms with Crippen LogP contribution in [-0.2, 0) is 4.79 Å². The second-order valence-corrected chi connectivity index (χ2v) is 6.57. The van der Waals surface area contributed by atoms with E-state index in [4.69, 9.17) is 5.11 Å². The van der Waals surface area contributed by atoms with Crippen molar-refractivity contribution < 1.29 is 9.90 Å². The van der Waals surface area contributed by atoms with Crippen LogP contribution in [0.5, 0.6) is 0 Å². The molecule has 4 nitrogen and oxygen atoms in total. The van der Waals surface area contributed by atoms with Gasteiger partial charge in [0.15, 0.2) is 0 Å². The largest absolute Gasteiger partial charge is 0.396 e. The summed E-state index contributed by atoms with van der Waals surface area (Å²) in [6.45, 7) is 3.17. The zero-order valence-corrected chi connectivity index (χ0v) is 11.7. The molecule has 3 N–H and O–H groups in total. The lowest BCUT2D eigenvalue weighted by atomic mass is 9.92. The van der Waals surface area contributed by atoms with Gasteiger partial charge in [-0.15, -0.1) is 0 Å². The summed E-state index contributed by atoms with van der Waals surface area (Å²) in [6.07, 6.45) is 4.27. The van der Waals surface area contributed by atoms with E-state index in [0.29, 0.717) is 5.41 Å². The fourth-order valence-electron chi connectivity index (χ4n) is 2.83. The lowest BCUT2D eigenvalue weighted by Crippen LogP contribution is -2.34. The van der Waals surface area contributed by atoms with Crippen LogP contribution in [0.2, 0.25) is 0 Å². The Bertz CT molecular complexity index is 280. The van der Waals surface area contributed by atoms with E-state index in [-0.39, 0.29) is 18.4 Å². The van der Waals surface area contributed by atoms with E-state index in [1.54, 1.807) is 11.8 Å². The molecule has 1 heterocycles. The van der Waals surface area contributed by atoms with Crippen molar-refractivity contribution >= 4 is 17.7 Å². The van der Waals surface area contributed by atoms with Crippen molar-refractivity contribution in [3.8, 4) is 0 Å². The van der Waals surface area contributed by atoms with Gasteiger partial charge in [0.25, 0.3) is 0 Å². The molecule has 1 saturated heterocycles. The highest BCUT2D eigenvalue weighted by Crippen LogP contribution is 2.58. The molecule has 0 radical (unpaired) electrons. The molecule has 1 spiro atoms. The Morgan fingerprint density at radius 2 is 2.17 bits per heavy atom. The van der Waals surface area contributed by atoms with Gasteiger partial charge in [0, 0.05) is 24.8 Å². The first-order valence-corrected chi connectivity index (χ1v) is 8.11. The molecule has 0 aromatic heterocycles. The predicted octanol–water partition coefficient (Wildman–Crippen LogP) is 0.608. The van der Waals surface area contributed by atoms with Crippen LogP contribution in [0.3, 0.4) is 0 Å². The summed E-state index contributed by atoms with van der Waals surface area (Å²) in [4.78, 5) is 12.0. The van der Waals surface area contributed by atoms with Gasteiger partial charge in [0.05, 0.1) is 0 Å². The van der Waals surface area contributed by atoms with Crippen molar-refractivity contribution in [2.24, 2.45) is 11.3 Å². The maximum absolute atomic E-state index is 12.0. The third-order valence-electron chi connectivity index (χ3n) is 4.10. The third kappa shape index (κ3) is 3.62. The highest BCUT2D eigenvalue weighted by atomic mass is 32.2. The monoisotopic (exact) mass is 272 g/mol. The number of nitrogens with one attached hydrogen (secondary N) is 2. The van der Waals surface area contributed by atoms with Gasteiger partial charge in [-0.2, -0.15) is 11.8 Å². The topological polar surface area (TPSA) is 61.4 Å². The molecule has 2 rings (SSSR count). The lowest BCUT2D eigenvalue weighted by Gasteiger charge is -2.23. The molecule has 1 saturated carbocycles. The third-order valence-corrected chi connectivity index (χ3v) is 5.17. The fraction of sp³-hybridized carbons (Fsp3) is 0.923. The van der Waals surface area contributed by atoms with Gasteiger partial charge in [-0.25, -0.2) is 0 Å². The number of amides is 1. The van der Waals surface area contributed by atoms with Crippen molar-refractivity contribution in [3.63, 3.8) is 0 Å². The summed E-state index contributed by atoms with van der Waals surface area (Å²) in [5, 5.41) is 15.1. The Kier molecular flexibility index (Phi) is 5.33. The molecule has 1 atom stereocenters. The summed E-state index contributed by atoms with van der Waals surface area (Å²) in [7, 11) is 0. The van der Waals surface area contributed by atoms with Crippen LogP contribution >= 0.6 is 11.8 Å². The van der Waals surface area contributed by atoms with Crippen LogP contribution in [0.15, 0.2) is 0 Å². The van der Waals surface area contributed by atoms with Crippen molar-refractivity contribution in [1.29, 1.82) is 0 Å². The molecule has 2 aliphatic rings. The molecule has 104 valence electrons. The SMILES string of the molecule is O=C(NCCSCCCO)C1CC12CCNCC2. The Balaban J connectivity index is 1.56. The molecule has 2 fully saturated rings. The minimum atomic E-state index is 0.262. The Hall–Kier alpha value is -0.260. The van der Waals surface area contributed by atoms with E-state index in [0.717, 1.165) is 56.8 Å². The van der Waals surface area contributed by atoms with Gasteiger partial charge in [-0.05, 0) is 49.9 Å². The first-order valence-electron chi connectivity index (χ1n) is 6.95. The van der Waals surface area contributed by atoms with Crippen molar-refractivity contribution in [1.82, 2.24) is 10.6 Å². The quantitative estimate of drug-likeness (QED) is 0.594. The van der Waals surface area contributed by atoms with E-state index in [2.05, 4.69) is 10.6 Å². The molecular weight excluding hydrogens is 248 g/mol. The number of carbonyl (C=O) groups is 1. The fourth-order valence-corrected chi connectivity index (χ4v) is 3.62. The standard InChI is InChI=1S/C13H24N2O2S/c16-7-1-8-18-9-6-15-12(17)11-10-13(11)2-4-14-5-3-13/h11,14,16H,1-10H2,(H,15,17). The van der Waals surface area contributed by atoms with Crippen LogP contribution in [0.25, 0.3) is 0 Å². The molecule has 1 aliphatic carbocycles. The summed E-state index contributed by atoms with van der Waals surface area (Å²) in [5.41, 5.74) is 0.347. The maximum atomic E-state index is 12.0. The minimum absolute atomic E-state index is 0.262. The molecule has 1 amide bonds. The minimum Gasteiger partial charge on any atom is -0.396 e. The highest BCUT2D eigenvalue weighted by Gasteiger charge is 2.57. The summed E-state index contributed by atoms with van der Waals surface area (Å²) < 4.78 is 0. The molecule has 0 aromatic carbocycles. The predicted molar refractivity (Wildman–Crippen MR) is 74.7 cm³/mol. The number of piperidine rings is 1. The van der Waals surface area contributed by atoms with Crippen LogP contribution in [0.1, 0.15) is 25.7 Å². The van der Waals surface area contributed by atoms with Crippen LogP contribution in [-0.4, -0.2) is 48.8 Å². The maximum Gasteiger partial charge on any atom is 0.223 e. The Morgan fingerprint density at radius 3 is 2.89 bits per heavy atom. The normalized spacial score (nSPS) is 25.1. The smallest absolute Gasteiger partial charge is 0.223 e. The highest BCUT2D eigenvalue weighted by molar-refractivity contribution is 7.99. The van der Waals surface area contributed by atoms with Crippen molar-refractivity contribution in [3.05, 3.63) is 0 Å². The number of hydrogen-bond acceptors (Lipinski definition) is 4. The summed E-state index contributed by atoms with van der Waals surface area (Å²) in [6, 6.07) is 0. The molecule has 0 bridgehead atoms. The average molecular weight is 272 g/mol. The van der Waals surface area contributed by atoms with E-state index >= 15 is 0 Å². The van der Waals surface area contributed by atoms with Gasteiger partial charge < -0.3 is 15.7 Å². The Labute approximate surface area is 113 Å². The second-order valence-electron chi connectivity index (χ2n) is 5.35. The molecule has 18 heavy (non-hydrogen) atoms.